The molecule has 1 aliphatic rings. The first-order chi connectivity index (χ1) is 12.8. The van der Waals surface area contributed by atoms with Crippen LogP contribution in [0.4, 0.5) is 32.0 Å². The second-order valence-electron chi connectivity index (χ2n) is 5.29. The lowest BCUT2D eigenvalue weighted by atomic mass is 10.1. The molecule has 152 valence electrons. The number of nitriles is 1. The Balaban J connectivity index is 2.79. The molecule has 1 heterocycles. The molecular weight excluding hydrogens is 441 g/mol. The van der Waals surface area contributed by atoms with Crippen LogP contribution in [0.25, 0.3) is 0 Å². The van der Waals surface area contributed by atoms with Crippen LogP contribution in [0.5, 0.6) is 0 Å². The number of nitrogens with two attached hydrogens (primary N) is 1. The summed E-state index contributed by atoms with van der Waals surface area (Å²) in [4.78, 5) is 12.0. The topological polar surface area (TPSA) is 82.6 Å². The quantitative estimate of drug-likeness (QED) is 0.420. The van der Waals surface area contributed by atoms with Gasteiger partial charge in [0.25, 0.3) is 0 Å². The summed E-state index contributed by atoms with van der Waals surface area (Å²) < 4.78 is 83.2. The number of anilines is 1. The molecule has 0 aliphatic carbocycles. The number of ether oxygens (including phenoxy) is 1. The normalized spacial score (nSPS) is 18.5. The van der Waals surface area contributed by atoms with E-state index < -0.39 is 56.9 Å². The van der Waals surface area contributed by atoms with Crippen molar-refractivity contribution in [2.45, 2.75) is 18.4 Å². The van der Waals surface area contributed by atoms with Crippen LogP contribution in [0.1, 0.15) is 5.56 Å². The third kappa shape index (κ3) is 3.70. The molecule has 14 heteroatoms. The van der Waals surface area contributed by atoms with Crippen molar-refractivity contribution in [1.29, 1.82) is 5.26 Å². The maximum absolute atomic E-state index is 13.4. The Hall–Kier alpha value is -2.20. The zero-order valence-corrected chi connectivity index (χ0v) is 15.0. The maximum atomic E-state index is 13.4. The maximum Gasteiger partial charge on any atom is 0.416 e. The van der Waals surface area contributed by atoms with Gasteiger partial charge in [0.2, 0.25) is 0 Å². The minimum absolute atomic E-state index is 0.0782. The molecule has 1 unspecified atom stereocenters. The average molecular weight is 449 g/mol. The molecule has 0 aromatic heterocycles. The highest BCUT2D eigenvalue weighted by Gasteiger charge is 2.56. The minimum Gasteiger partial charge on any atom is -0.464 e. The summed E-state index contributed by atoms with van der Waals surface area (Å²) in [5, 5.41) is 7.83. The molecule has 1 atom stereocenters. The number of carbonyl (C=O) groups is 1. The van der Waals surface area contributed by atoms with Crippen molar-refractivity contribution in [2.75, 3.05) is 12.1 Å². The van der Waals surface area contributed by atoms with Crippen molar-refractivity contribution in [3.63, 3.8) is 0 Å². The van der Waals surface area contributed by atoms with Gasteiger partial charge in [0.1, 0.15) is 0 Å². The Morgan fingerprint density at radius 2 is 1.71 bits per heavy atom. The molecule has 0 saturated heterocycles. The molecule has 28 heavy (non-hydrogen) atoms. The van der Waals surface area contributed by atoms with Crippen LogP contribution >= 0.6 is 23.2 Å². The van der Waals surface area contributed by atoms with Gasteiger partial charge in [-0.3, -0.25) is 0 Å². The summed E-state index contributed by atoms with van der Waals surface area (Å²) >= 11 is 11.6. The lowest BCUT2D eigenvalue weighted by Gasteiger charge is -2.32. The van der Waals surface area contributed by atoms with Crippen LogP contribution in [-0.2, 0) is 15.7 Å². The van der Waals surface area contributed by atoms with Crippen LogP contribution < -0.4 is 10.9 Å². The van der Waals surface area contributed by atoms with Crippen molar-refractivity contribution in [2.24, 2.45) is 5.84 Å². The zero-order valence-electron chi connectivity index (χ0n) is 13.5. The number of benzene rings is 1. The van der Waals surface area contributed by atoms with Crippen molar-refractivity contribution in [1.82, 2.24) is 5.12 Å². The van der Waals surface area contributed by atoms with Crippen LogP contribution in [-0.4, -0.2) is 30.4 Å². The standard InChI is InChI=1S/C14H8Cl2F6N4O2/c1-28-12(27)9-6(4-23)11(14(20,21)22)26(24)25(9)10-7(15)2-5(3-8(10)16)13(17,18)19/h2-3,11H,24H2,1H3. The number of rotatable bonds is 2. The second-order valence-corrected chi connectivity index (χ2v) is 6.10. The number of carbonyl (C=O) groups excluding carboxylic acids is 1. The van der Waals surface area contributed by atoms with Gasteiger partial charge < -0.3 is 4.74 Å². The third-order valence-corrected chi connectivity index (χ3v) is 4.18. The molecule has 0 amide bonds. The molecule has 1 aromatic rings. The first kappa shape index (κ1) is 22.1. The summed E-state index contributed by atoms with van der Waals surface area (Å²) in [6, 6.07) is -0.796. The summed E-state index contributed by atoms with van der Waals surface area (Å²) in [7, 11) is 0.820. The lowest BCUT2D eigenvalue weighted by Crippen LogP contribution is -2.54. The SMILES string of the molecule is COC(=O)C1=C(C#N)C(C(F)(F)F)N(N)N1c1c(Cl)cc(C(F)(F)F)cc1Cl. The van der Waals surface area contributed by atoms with E-state index in [-0.39, 0.29) is 5.12 Å². The highest BCUT2D eigenvalue weighted by atomic mass is 35.5. The van der Waals surface area contributed by atoms with Crippen LogP contribution in [0.3, 0.4) is 0 Å². The number of alkyl halides is 6. The van der Waals surface area contributed by atoms with Gasteiger partial charge in [-0.2, -0.15) is 31.6 Å². The smallest absolute Gasteiger partial charge is 0.416 e. The van der Waals surface area contributed by atoms with E-state index in [1.807, 2.05) is 0 Å². The van der Waals surface area contributed by atoms with Crippen molar-refractivity contribution in [3.05, 3.63) is 39.0 Å². The van der Waals surface area contributed by atoms with E-state index in [2.05, 4.69) is 4.74 Å². The number of nitrogens with zero attached hydrogens (tertiary/aromatic N) is 3. The average Bonchev–Trinajstić information content (AvgIpc) is 2.85. The van der Waals surface area contributed by atoms with Gasteiger partial charge in [-0.15, -0.1) is 5.12 Å². The van der Waals surface area contributed by atoms with Gasteiger partial charge in [-0.25, -0.2) is 15.6 Å². The Bertz CT molecular complexity index is 870. The fraction of sp³-hybridized carbons (Fsp3) is 0.286. The fourth-order valence-corrected chi connectivity index (χ4v) is 3.13. The molecule has 0 bridgehead atoms. The van der Waals surface area contributed by atoms with Crippen LogP contribution in [0.15, 0.2) is 23.4 Å². The first-order valence-corrected chi connectivity index (χ1v) is 7.70. The van der Waals surface area contributed by atoms with Gasteiger partial charge in [-0.05, 0) is 12.1 Å². The van der Waals surface area contributed by atoms with Gasteiger partial charge in [0.15, 0.2) is 11.7 Å². The number of methoxy groups -OCH3 is 1. The van der Waals surface area contributed by atoms with E-state index in [0.29, 0.717) is 17.1 Å². The summed E-state index contributed by atoms with van der Waals surface area (Å²) in [5.74, 6) is 4.04. The van der Waals surface area contributed by atoms with Gasteiger partial charge >= 0.3 is 18.3 Å². The molecular formula is C14H8Cl2F6N4O2. The lowest BCUT2D eigenvalue weighted by molar-refractivity contribution is -0.170. The van der Waals surface area contributed by atoms with E-state index in [4.69, 9.17) is 34.3 Å². The van der Waals surface area contributed by atoms with Crippen LogP contribution in [0.2, 0.25) is 10.0 Å². The Morgan fingerprint density at radius 3 is 2.07 bits per heavy atom. The molecule has 6 nitrogen and oxygen atoms in total. The third-order valence-electron chi connectivity index (χ3n) is 3.60. The Labute approximate surface area is 163 Å². The second kappa shape index (κ2) is 7.32. The molecule has 2 rings (SSSR count). The number of hydrogen-bond donors (Lipinski definition) is 1. The highest BCUT2D eigenvalue weighted by molar-refractivity contribution is 6.39. The Kier molecular flexibility index (Phi) is 5.78. The summed E-state index contributed by atoms with van der Waals surface area (Å²) in [5.41, 5.74) is -4.09. The molecule has 1 aliphatic heterocycles. The first-order valence-electron chi connectivity index (χ1n) is 6.95. The van der Waals surface area contributed by atoms with Gasteiger partial charge in [0, 0.05) is 0 Å². The van der Waals surface area contributed by atoms with E-state index in [0.717, 1.165) is 7.11 Å². The molecule has 1 aromatic carbocycles. The predicted molar refractivity (Wildman–Crippen MR) is 84.5 cm³/mol. The number of hydrogen-bond acceptors (Lipinski definition) is 6. The summed E-state index contributed by atoms with van der Waals surface area (Å²) in [6.45, 7) is 0. The van der Waals surface area contributed by atoms with Crippen LogP contribution in [0, 0.1) is 11.3 Å². The van der Waals surface area contributed by atoms with Crippen molar-refractivity contribution >= 4 is 34.9 Å². The molecule has 0 radical (unpaired) electrons. The van der Waals surface area contributed by atoms with E-state index >= 15 is 0 Å². The number of esters is 1. The molecule has 0 spiro atoms. The fourth-order valence-electron chi connectivity index (χ4n) is 2.49. The van der Waals surface area contributed by atoms with Crippen molar-refractivity contribution < 1.29 is 35.9 Å². The molecule has 2 N–H and O–H groups in total. The van der Waals surface area contributed by atoms with E-state index in [1.54, 1.807) is 0 Å². The minimum atomic E-state index is -5.13. The summed E-state index contributed by atoms with van der Waals surface area (Å²) in [6.07, 6.45) is -9.98. The van der Waals surface area contributed by atoms with Gasteiger partial charge in [-0.1, -0.05) is 23.2 Å². The Morgan fingerprint density at radius 1 is 1.21 bits per heavy atom. The predicted octanol–water partition coefficient (Wildman–Crippen LogP) is 3.80. The largest absolute Gasteiger partial charge is 0.464 e. The number of hydrazine groups is 2. The van der Waals surface area contributed by atoms with Gasteiger partial charge in [0.05, 0.1) is 40.0 Å². The zero-order chi connectivity index (χ0) is 21.6. The molecule has 0 fully saturated rings. The molecule has 0 saturated carbocycles. The highest BCUT2D eigenvalue weighted by Crippen LogP contribution is 2.46. The monoisotopic (exact) mass is 448 g/mol. The van der Waals surface area contributed by atoms with Crippen molar-refractivity contribution in [3.8, 4) is 6.07 Å². The van der Waals surface area contributed by atoms with E-state index in [1.165, 1.54) is 6.07 Å². The van der Waals surface area contributed by atoms with E-state index in [9.17, 15) is 31.1 Å². The number of halogens is 8.